The molecule has 1 aliphatic heterocycles. The Balaban J connectivity index is 1.45. The Kier molecular flexibility index (Phi) is 6.08. The quantitative estimate of drug-likeness (QED) is 0.524. The molecule has 1 aliphatic rings. The van der Waals surface area contributed by atoms with Crippen molar-refractivity contribution in [2.45, 2.75) is 26.1 Å². The Morgan fingerprint density at radius 2 is 1.70 bits per heavy atom. The van der Waals surface area contributed by atoms with Crippen molar-refractivity contribution < 1.29 is 22.6 Å². The van der Waals surface area contributed by atoms with E-state index in [1.54, 1.807) is 18.2 Å². The first-order valence-electron chi connectivity index (χ1n) is 9.91. The molecule has 0 radical (unpaired) electrons. The van der Waals surface area contributed by atoms with Crippen LogP contribution in [0.2, 0.25) is 0 Å². The molecule has 0 aromatic heterocycles. The van der Waals surface area contributed by atoms with Gasteiger partial charge in [0, 0.05) is 23.3 Å². The van der Waals surface area contributed by atoms with Crippen LogP contribution in [0, 0.1) is 35.2 Å². The van der Waals surface area contributed by atoms with Crippen molar-refractivity contribution in [3.63, 3.8) is 0 Å². The number of aryl methyl sites for hydroxylation is 1. The third-order valence-corrected chi connectivity index (χ3v) is 5.08. The Morgan fingerprint density at radius 1 is 0.900 bits per heavy atom. The van der Waals surface area contributed by atoms with Crippen molar-refractivity contribution >= 4 is 10.8 Å². The molecule has 4 rings (SSSR count). The number of hydrogen-bond acceptors (Lipinski definition) is 2. The van der Waals surface area contributed by atoms with Gasteiger partial charge in [0.05, 0.1) is 18.8 Å². The largest absolute Gasteiger partial charge is 0.352 e. The summed E-state index contributed by atoms with van der Waals surface area (Å²) in [7, 11) is 0. The zero-order valence-electron chi connectivity index (χ0n) is 16.6. The van der Waals surface area contributed by atoms with Gasteiger partial charge in [0.1, 0.15) is 5.82 Å². The second-order valence-electron chi connectivity index (χ2n) is 7.60. The molecule has 154 valence electrons. The van der Waals surface area contributed by atoms with E-state index >= 15 is 0 Å². The molecular formula is C25H21F3O2. The van der Waals surface area contributed by atoms with Gasteiger partial charge in [0.15, 0.2) is 17.9 Å². The summed E-state index contributed by atoms with van der Waals surface area (Å²) in [6.07, 6.45) is 1.08. The highest BCUT2D eigenvalue weighted by Crippen LogP contribution is 2.22. The fraction of sp³-hybridized carbons (Fsp3) is 0.280. The summed E-state index contributed by atoms with van der Waals surface area (Å²) < 4.78 is 52.8. The highest BCUT2D eigenvalue weighted by atomic mass is 19.2. The molecule has 5 heteroatoms. The number of hydrogen-bond donors (Lipinski definition) is 0. The van der Waals surface area contributed by atoms with Crippen LogP contribution in [0.15, 0.2) is 48.5 Å². The lowest BCUT2D eigenvalue weighted by molar-refractivity contribution is -0.199. The lowest BCUT2D eigenvalue weighted by atomic mass is 10.0. The molecule has 30 heavy (non-hydrogen) atoms. The first-order chi connectivity index (χ1) is 14.5. The first-order valence-corrected chi connectivity index (χ1v) is 9.91. The molecule has 2 nitrogen and oxygen atoms in total. The zero-order valence-corrected chi connectivity index (χ0v) is 16.6. The molecule has 0 amide bonds. The van der Waals surface area contributed by atoms with Crippen LogP contribution >= 0.6 is 0 Å². The third-order valence-electron chi connectivity index (χ3n) is 5.08. The minimum Gasteiger partial charge on any atom is -0.352 e. The minimum atomic E-state index is -0.889. The van der Waals surface area contributed by atoms with Crippen LogP contribution in [0.1, 0.15) is 30.0 Å². The van der Waals surface area contributed by atoms with Crippen molar-refractivity contribution in [1.82, 2.24) is 0 Å². The Morgan fingerprint density at radius 3 is 2.47 bits per heavy atom. The summed E-state index contributed by atoms with van der Waals surface area (Å²) in [6.45, 7) is 3.44. The average molecular weight is 410 g/mol. The van der Waals surface area contributed by atoms with E-state index in [2.05, 4.69) is 18.8 Å². The topological polar surface area (TPSA) is 18.5 Å². The van der Waals surface area contributed by atoms with Gasteiger partial charge in [-0.25, -0.2) is 13.2 Å². The molecule has 0 saturated carbocycles. The number of benzene rings is 3. The molecule has 1 heterocycles. The van der Waals surface area contributed by atoms with Gasteiger partial charge in [-0.2, -0.15) is 0 Å². The van der Waals surface area contributed by atoms with E-state index in [-0.39, 0.29) is 17.2 Å². The average Bonchev–Trinajstić information content (AvgIpc) is 2.75. The maximum atomic E-state index is 14.5. The van der Waals surface area contributed by atoms with E-state index in [1.807, 2.05) is 6.07 Å². The molecule has 3 aromatic carbocycles. The fourth-order valence-electron chi connectivity index (χ4n) is 3.39. The van der Waals surface area contributed by atoms with Crippen LogP contribution in [-0.2, 0) is 15.9 Å². The fourth-order valence-corrected chi connectivity index (χ4v) is 3.39. The molecule has 0 bridgehead atoms. The van der Waals surface area contributed by atoms with Crippen molar-refractivity contribution in [1.29, 1.82) is 0 Å². The number of halogens is 3. The normalized spacial score (nSPS) is 18.8. The van der Waals surface area contributed by atoms with Crippen LogP contribution in [0.25, 0.3) is 10.8 Å². The second kappa shape index (κ2) is 8.91. The van der Waals surface area contributed by atoms with E-state index in [0.29, 0.717) is 42.9 Å². The van der Waals surface area contributed by atoms with Crippen LogP contribution in [-0.4, -0.2) is 19.5 Å². The number of ether oxygens (including phenoxy) is 2. The molecule has 3 aromatic rings. The molecule has 0 unspecified atom stereocenters. The summed E-state index contributed by atoms with van der Waals surface area (Å²) in [5.41, 5.74) is 1.73. The smallest absolute Gasteiger partial charge is 0.166 e. The summed E-state index contributed by atoms with van der Waals surface area (Å²) in [5.74, 6) is 3.94. The highest BCUT2D eigenvalue weighted by molar-refractivity contribution is 5.84. The molecule has 1 fully saturated rings. The van der Waals surface area contributed by atoms with E-state index in [9.17, 15) is 13.2 Å². The van der Waals surface area contributed by atoms with Gasteiger partial charge in [-0.15, -0.1) is 0 Å². The Hall–Kier alpha value is -2.81. The van der Waals surface area contributed by atoms with E-state index in [1.165, 1.54) is 18.2 Å². The van der Waals surface area contributed by atoms with Gasteiger partial charge >= 0.3 is 0 Å². The lowest BCUT2D eigenvalue weighted by Gasteiger charge is -2.27. The van der Waals surface area contributed by atoms with Crippen molar-refractivity contribution in [2.75, 3.05) is 13.2 Å². The van der Waals surface area contributed by atoms with E-state index in [4.69, 9.17) is 9.47 Å². The molecule has 0 atom stereocenters. The van der Waals surface area contributed by atoms with Gasteiger partial charge in [-0.05, 0) is 47.7 Å². The van der Waals surface area contributed by atoms with Crippen LogP contribution in [0.5, 0.6) is 0 Å². The number of rotatable bonds is 3. The summed E-state index contributed by atoms with van der Waals surface area (Å²) in [4.78, 5) is 0. The molecule has 1 saturated heterocycles. The Labute approximate surface area is 173 Å². The molecule has 0 aliphatic carbocycles. The van der Waals surface area contributed by atoms with Gasteiger partial charge in [0.25, 0.3) is 0 Å². The maximum Gasteiger partial charge on any atom is 0.166 e. The first kappa shape index (κ1) is 20.5. The van der Waals surface area contributed by atoms with E-state index in [0.717, 1.165) is 11.6 Å². The van der Waals surface area contributed by atoms with Crippen LogP contribution < -0.4 is 0 Å². The molecule has 0 N–H and O–H groups in total. The monoisotopic (exact) mass is 410 g/mol. The zero-order chi connectivity index (χ0) is 21.1. The molecular weight excluding hydrogens is 389 g/mol. The number of fused-ring (bicyclic) bond motifs is 1. The third kappa shape index (κ3) is 4.67. The van der Waals surface area contributed by atoms with Crippen molar-refractivity contribution in [3.8, 4) is 11.8 Å². The predicted octanol–water partition coefficient (Wildman–Crippen LogP) is 5.60. The van der Waals surface area contributed by atoms with Gasteiger partial charge in [0.2, 0.25) is 0 Å². The van der Waals surface area contributed by atoms with Crippen molar-refractivity contribution in [3.05, 3.63) is 82.7 Å². The van der Waals surface area contributed by atoms with Crippen LogP contribution in [0.4, 0.5) is 13.2 Å². The van der Waals surface area contributed by atoms with Gasteiger partial charge in [-0.3, -0.25) is 0 Å². The minimum absolute atomic E-state index is 0.191. The standard InChI is InChI=1S/C25H21F3O2/c1-16-14-29-24(30-15-16)11-5-18-3-7-19(23(27)13-18)6-2-17-4-9-21-20(12-17)8-10-22(26)25(21)28/h3-4,7-10,12-13,16,24H,5,11,14-15H2,1H3. The van der Waals surface area contributed by atoms with E-state index < -0.39 is 17.5 Å². The summed E-state index contributed by atoms with van der Waals surface area (Å²) in [6, 6.07) is 12.3. The van der Waals surface area contributed by atoms with Gasteiger partial charge < -0.3 is 9.47 Å². The SMILES string of the molecule is CC1COC(CCc2ccc(C#Cc3ccc4c(F)c(F)ccc4c3)c(F)c2)OC1. The molecule has 0 spiro atoms. The maximum absolute atomic E-state index is 14.5. The highest BCUT2D eigenvalue weighted by Gasteiger charge is 2.18. The summed E-state index contributed by atoms with van der Waals surface area (Å²) >= 11 is 0. The predicted molar refractivity (Wildman–Crippen MR) is 109 cm³/mol. The van der Waals surface area contributed by atoms with Crippen molar-refractivity contribution in [2.24, 2.45) is 5.92 Å². The lowest BCUT2D eigenvalue weighted by Crippen LogP contribution is -2.30. The summed E-state index contributed by atoms with van der Waals surface area (Å²) in [5, 5.41) is 0.731. The second-order valence-corrected chi connectivity index (χ2v) is 7.60. The van der Waals surface area contributed by atoms with Gasteiger partial charge in [-0.1, -0.05) is 37.0 Å². The van der Waals surface area contributed by atoms with Crippen LogP contribution in [0.3, 0.4) is 0 Å². The Bertz CT molecular complexity index is 1120.